The fourth-order valence-electron chi connectivity index (χ4n) is 1.32. The third kappa shape index (κ3) is 6.02. The van der Waals surface area contributed by atoms with Gasteiger partial charge in [0, 0.05) is 11.4 Å². The minimum absolute atomic E-state index is 0.0381. The quantitative estimate of drug-likeness (QED) is 0.584. The van der Waals surface area contributed by atoms with Crippen molar-refractivity contribution in [2.75, 3.05) is 13.1 Å². The number of hydrogen-bond donors (Lipinski definition) is 2. The molecule has 1 rings (SSSR count). The summed E-state index contributed by atoms with van der Waals surface area (Å²) in [5.74, 6) is -0.321. The number of carbonyl (C=O) groups is 2. The molecular formula is C11H17BrN2O2S. The SMILES string of the molecule is CC(Br)C(=O)NCC(=O)NCC1=S=CCCC1. The van der Waals surface area contributed by atoms with Crippen LogP contribution in [0.2, 0.25) is 0 Å². The van der Waals surface area contributed by atoms with Crippen LogP contribution in [0.1, 0.15) is 26.2 Å². The number of rotatable bonds is 5. The maximum Gasteiger partial charge on any atom is 0.239 e. The van der Waals surface area contributed by atoms with Gasteiger partial charge >= 0.3 is 0 Å². The molecule has 96 valence electrons. The average molecular weight is 321 g/mol. The van der Waals surface area contributed by atoms with Crippen LogP contribution in [0.3, 0.4) is 0 Å². The van der Waals surface area contributed by atoms with E-state index in [1.54, 1.807) is 17.9 Å². The summed E-state index contributed by atoms with van der Waals surface area (Å²) in [6, 6.07) is 0. The van der Waals surface area contributed by atoms with Crippen molar-refractivity contribution >= 4 is 48.9 Å². The van der Waals surface area contributed by atoms with Crippen molar-refractivity contribution in [2.45, 2.75) is 31.0 Å². The smallest absolute Gasteiger partial charge is 0.239 e. The van der Waals surface area contributed by atoms with E-state index in [1.807, 2.05) is 0 Å². The average Bonchev–Trinajstić information content (AvgIpc) is 2.34. The minimum atomic E-state index is -0.270. The third-order valence-electron chi connectivity index (χ3n) is 2.29. The van der Waals surface area contributed by atoms with Crippen molar-refractivity contribution < 1.29 is 9.59 Å². The first-order valence-corrected chi connectivity index (χ1v) is 7.40. The first-order chi connectivity index (χ1) is 8.09. The largest absolute Gasteiger partial charge is 0.350 e. The number of hydrogen-bond acceptors (Lipinski definition) is 2. The van der Waals surface area contributed by atoms with Crippen LogP contribution in [0.4, 0.5) is 0 Å². The summed E-state index contributed by atoms with van der Waals surface area (Å²) in [5, 5.41) is 7.51. The van der Waals surface area contributed by atoms with Crippen LogP contribution in [0.5, 0.6) is 0 Å². The molecule has 0 aromatic heterocycles. The molecule has 0 saturated heterocycles. The Balaban J connectivity index is 2.21. The zero-order valence-electron chi connectivity index (χ0n) is 9.79. The Bertz CT molecular complexity index is 362. The lowest BCUT2D eigenvalue weighted by atomic mass is 10.2. The van der Waals surface area contributed by atoms with Gasteiger partial charge in [0.15, 0.2) is 0 Å². The van der Waals surface area contributed by atoms with E-state index in [4.69, 9.17) is 0 Å². The molecule has 2 N–H and O–H groups in total. The van der Waals surface area contributed by atoms with Crippen molar-refractivity contribution in [2.24, 2.45) is 0 Å². The summed E-state index contributed by atoms with van der Waals surface area (Å²) in [5.41, 5.74) is 0. The fraction of sp³-hybridized carbons (Fsp3) is 0.636. The van der Waals surface area contributed by atoms with Gasteiger partial charge in [0.1, 0.15) is 0 Å². The maximum absolute atomic E-state index is 11.4. The van der Waals surface area contributed by atoms with Gasteiger partial charge in [-0.2, -0.15) is 10.9 Å². The molecule has 1 unspecified atom stereocenters. The summed E-state index contributed by atoms with van der Waals surface area (Å²) < 4.78 is 0. The molecule has 0 aromatic rings. The number of nitrogens with one attached hydrogen (secondary N) is 2. The molecule has 1 aliphatic heterocycles. The highest BCUT2D eigenvalue weighted by Crippen LogP contribution is 2.03. The molecule has 2 amide bonds. The van der Waals surface area contributed by atoms with Crippen LogP contribution in [0, 0.1) is 0 Å². The Morgan fingerprint density at radius 1 is 1.53 bits per heavy atom. The maximum atomic E-state index is 11.4. The van der Waals surface area contributed by atoms with Crippen LogP contribution in [0.25, 0.3) is 0 Å². The molecule has 1 heterocycles. The van der Waals surface area contributed by atoms with Crippen LogP contribution < -0.4 is 10.6 Å². The lowest BCUT2D eigenvalue weighted by Crippen LogP contribution is -2.40. The number of alkyl halides is 1. The van der Waals surface area contributed by atoms with Crippen molar-refractivity contribution in [1.29, 1.82) is 0 Å². The minimum Gasteiger partial charge on any atom is -0.350 e. The van der Waals surface area contributed by atoms with Gasteiger partial charge < -0.3 is 10.6 Å². The van der Waals surface area contributed by atoms with Crippen molar-refractivity contribution in [3.63, 3.8) is 0 Å². The van der Waals surface area contributed by atoms with Gasteiger partial charge in [0.25, 0.3) is 0 Å². The molecule has 0 bridgehead atoms. The second-order valence-electron chi connectivity index (χ2n) is 3.83. The Hall–Kier alpha value is -0.620. The molecule has 0 aromatic carbocycles. The first kappa shape index (κ1) is 14.4. The first-order valence-electron chi connectivity index (χ1n) is 5.61. The Morgan fingerprint density at radius 2 is 2.29 bits per heavy atom. The van der Waals surface area contributed by atoms with Crippen LogP contribution in [0.15, 0.2) is 0 Å². The molecule has 6 heteroatoms. The lowest BCUT2D eigenvalue weighted by Gasteiger charge is -2.10. The molecule has 1 aliphatic rings. The summed E-state index contributed by atoms with van der Waals surface area (Å²) in [4.78, 5) is 23.7. The van der Waals surface area contributed by atoms with Crippen molar-refractivity contribution in [3.8, 4) is 0 Å². The van der Waals surface area contributed by atoms with Crippen LogP contribution >= 0.6 is 26.9 Å². The molecule has 0 saturated carbocycles. The van der Waals surface area contributed by atoms with Crippen LogP contribution in [-0.4, -0.2) is 40.0 Å². The standard InChI is InChI=1S/C11H17BrN2O2S/c1-8(12)11(16)14-7-10(15)13-6-9-4-2-3-5-17-9/h5,8H,2-4,6-7H2,1H3,(H,13,15)(H,14,16). The van der Waals surface area contributed by atoms with Crippen molar-refractivity contribution in [3.05, 3.63) is 0 Å². The van der Waals surface area contributed by atoms with E-state index in [9.17, 15) is 9.59 Å². The Labute approximate surface area is 113 Å². The predicted molar refractivity (Wildman–Crippen MR) is 76.9 cm³/mol. The van der Waals surface area contributed by atoms with Gasteiger partial charge in [-0.3, -0.25) is 9.59 Å². The zero-order valence-corrected chi connectivity index (χ0v) is 12.2. The molecular weight excluding hydrogens is 304 g/mol. The number of carbonyl (C=O) groups excluding carboxylic acids is 2. The normalized spacial score (nSPS) is 16.5. The highest BCUT2D eigenvalue weighted by atomic mass is 79.9. The summed E-state index contributed by atoms with van der Waals surface area (Å²) in [7, 11) is 1.72. The van der Waals surface area contributed by atoms with Crippen molar-refractivity contribution in [1.82, 2.24) is 10.6 Å². The number of halogens is 1. The van der Waals surface area contributed by atoms with E-state index >= 15 is 0 Å². The zero-order chi connectivity index (χ0) is 12.7. The van der Waals surface area contributed by atoms with E-state index in [0.717, 1.165) is 19.3 Å². The van der Waals surface area contributed by atoms with Gasteiger partial charge in [-0.05, 0) is 31.6 Å². The Morgan fingerprint density at radius 3 is 2.88 bits per heavy atom. The van der Waals surface area contributed by atoms with Gasteiger partial charge in [-0.25, -0.2) is 0 Å². The second kappa shape index (κ2) is 7.66. The van der Waals surface area contributed by atoms with E-state index in [0.29, 0.717) is 6.54 Å². The molecule has 1 atom stereocenters. The molecule has 0 aliphatic carbocycles. The molecule has 0 fully saturated rings. The molecule has 0 radical (unpaired) electrons. The second-order valence-corrected chi connectivity index (χ2v) is 6.35. The third-order valence-corrected chi connectivity index (χ3v) is 3.79. The molecule has 4 nitrogen and oxygen atoms in total. The van der Waals surface area contributed by atoms with E-state index in [1.165, 1.54) is 4.86 Å². The summed E-state index contributed by atoms with van der Waals surface area (Å²) in [6.45, 7) is 2.35. The monoisotopic (exact) mass is 320 g/mol. The van der Waals surface area contributed by atoms with Gasteiger partial charge in [-0.1, -0.05) is 15.9 Å². The highest BCUT2D eigenvalue weighted by Gasteiger charge is 2.10. The number of amides is 2. The topological polar surface area (TPSA) is 58.2 Å². The highest BCUT2D eigenvalue weighted by molar-refractivity contribution is 9.10. The summed E-state index contributed by atoms with van der Waals surface area (Å²) >= 11 is 3.14. The summed E-state index contributed by atoms with van der Waals surface area (Å²) in [6.07, 6.45) is 3.36. The van der Waals surface area contributed by atoms with Gasteiger partial charge in [-0.15, -0.1) is 0 Å². The van der Waals surface area contributed by atoms with Gasteiger partial charge in [0.05, 0.1) is 11.4 Å². The van der Waals surface area contributed by atoms with E-state index in [2.05, 4.69) is 31.9 Å². The molecule has 0 spiro atoms. The fourth-order valence-corrected chi connectivity index (χ4v) is 2.42. The lowest BCUT2D eigenvalue weighted by molar-refractivity contribution is -0.125. The predicted octanol–water partition coefficient (Wildman–Crippen LogP) is 0.894. The van der Waals surface area contributed by atoms with Gasteiger partial charge in [0.2, 0.25) is 11.8 Å². The van der Waals surface area contributed by atoms with Crippen LogP contribution in [-0.2, 0) is 9.59 Å². The van der Waals surface area contributed by atoms with E-state index in [-0.39, 0.29) is 23.2 Å². The molecule has 17 heavy (non-hydrogen) atoms. The Kier molecular flexibility index (Phi) is 6.50. The van der Waals surface area contributed by atoms with E-state index < -0.39 is 0 Å².